The summed E-state index contributed by atoms with van der Waals surface area (Å²) >= 11 is 0. The fraction of sp³-hybridized carbons (Fsp3) is 0.421. The zero-order chi connectivity index (χ0) is 17.9. The molecule has 2 aromatic rings. The van der Waals surface area contributed by atoms with Crippen LogP contribution < -0.4 is 4.72 Å². The lowest BCUT2D eigenvalue weighted by molar-refractivity contribution is 0.0653. The summed E-state index contributed by atoms with van der Waals surface area (Å²) in [6, 6.07) is 12.0. The van der Waals surface area contributed by atoms with Crippen LogP contribution in [0.25, 0.3) is 11.1 Å². The van der Waals surface area contributed by atoms with Crippen LogP contribution in [0.3, 0.4) is 0 Å². The maximum atomic E-state index is 12.3. The van der Waals surface area contributed by atoms with Gasteiger partial charge in [-0.25, -0.2) is 13.1 Å². The summed E-state index contributed by atoms with van der Waals surface area (Å²) in [7, 11) is -3.30. The van der Waals surface area contributed by atoms with Gasteiger partial charge in [-0.05, 0) is 43.0 Å². The molecule has 0 unspecified atom stereocenters. The van der Waals surface area contributed by atoms with E-state index in [0.717, 1.165) is 16.7 Å². The Balaban J connectivity index is 1.81. The van der Waals surface area contributed by atoms with Crippen LogP contribution in [0.2, 0.25) is 0 Å². The van der Waals surface area contributed by atoms with Crippen LogP contribution in [0.1, 0.15) is 31.7 Å². The van der Waals surface area contributed by atoms with Crippen molar-refractivity contribution >= 4 is 10.0 Å². The molecule has 1 aromatic heterocycles. The summed E-state index contributed by atoms with van der Waals surface area (Å²) in [6.07, 6.45) is 4.27. The molecule has 25 heavy (non-hydrogen) atoms. The summed E-state index contributed by atoms with van der Waals surface area (Å²) in [5.74, 6) is 0.0187. The van der Waals surface area contributed by atoms with Crippen LogP contribution >= 0.6 is 0 Å². The summed E-state index contributed by atoms with van der Waals surface area (Å²) in [5.41, 5.74) is 3.24. The smallest absolute Gasteiger partial charge is 0.214 e. The zero-order valence-corrected chi connectivity index (χ0v) is 15.4. The summed E-state index contributed by atoms with van der Waals surface area (Å²) in [4.78, 5) is 4.15. The Morgan fingerprint density at radius 2 is 1.92 bits per heavy atom. The number of aromatic nitrogens is 1. The van der Waals surface area contributed by atoms with Crippen molar-refractivity contribution in [2.45, 2.75) is 37.5 Å². The molecule has 1 saturated heterocycles. The number of hydrogen-bond acceptors (Lipinski definition) is 4. The van der Waals surface area contributed by atoms with Crippen molar-refractivity contribution in [1.29, 1.82) is 0 Å². The second-order valence-electron chi connectivity index (χ2n) is 6.65. The third kappa shape index (κ3) is 4.26. The molecule has 6 heteroatoms. The number of nitrogens with zero attached hydrogens (tertiary/aromatic N) is 1. The van der Waals surface area contributed by atoms with E-state index in [9.17, 15) is 8.42 Å². The second-order valence-corrected chi connectivity index (χ2v) is 8.92. The average Bonchev–Trinajstić information content (AvgIpc) is 2.63. The van der Waals surface area contributed by atoms with Crippen LogP contribution in [0, 0.1) is 0 Å². The van der Waals surface area contributed by atoms with Crippen LogP contribution in [0.4, 0.5) is 0 Å². The number of hydrogen-bond donors (Lipinski definition) is 1. The van der Waals surface area contributed by atoms with E-state index in [1.807, 2.05) is 18.3 Å². The maximum absolute atomic E-state index is 12.3. The first-order valence-electron chi connectivity index (χ1n) is 8.56. The molecule has 0 saturated carbocycles. The molecule has 1 aliphatic heterocycles. The second kappa shape index (κ2) is 7.64. The van der Waals surface area contributed by atoms with Crippen molar-refractivity contribution in [2.24, 2.45) is 0 Å². The van der Waals surface area contributed by atoms with E-state index >= 15 is 0 Å². The van der Waals surface area contributed by atoms with Gasteiger partial charge in [-0.15, -0.1) is 0 Å². The molecule has 0 radical (unpaired) electrons. The van der Waals surface area contributed by atoms with Crippen molar-refractivity contribution in [3.05, 3.63) is 54.4 Å². The maximum Gasteiger partial charge on any atom is 0.214 e. The molecule has 0 spiro atoms. The van der Waals surface area contributed by atoms with Gasteiger partial charge < -0.3 is 4.74 Å². The Labute approximate surface area is 149 Å². The highest BCUT2D eigenvalue weighted by molar-refractivity contribution is 7.90. The molecule has 2 heterocycles. The van der Waals surface area contributed by atoms with Crippen LogP contribution in [-0.4, -0.2) is 37.9 Å². The van der Waals surface area contributed by atoms with E-state index in [-0.39, 0.29) is 12.0 Å². The average molecular weight is 360 g/mol. The minimum atomic E-state index is -3.30. The molecule has 0 amide bonds. The Bertz CT molecular complexity index is 789. The standard InChI is InChI=1S/C19H24N2O3S/c1-14(2)25(22,23)21-19-9-11-24-13-18(19)16-7-5-15(6-8-16)17-4-3-10-20-12-17/h3-8,10,12,14,18-19,21H,9,11,13H2,1-2H3/t18-,19+/m1/s1. The molecular formula is C19H24N2O3S. The number of benzene rings is 1. The molecule has 134 valence electrons. The van der Waals surface area contributed by atoms with E-state index in [2.05, 4.69) is 34.0 Å². The number of sulfonamides is 1. The van der Waals surface area contributed by atoms with Crippen molar-refractivity contribution in [2.75, 3.05) is 13.2 Å². The van der Waals surface area contributed by atoms with Crippen molar-refractivity contribution in [3.63, 3.8) is 0 Å². The molecule has 1 fully saturated rings. The lowest BCUT2D eigenvalue weighted by Crippen LogP contribution is -2.46. The molecule has 3 rings (SSSR count). The highest BCUT2D eigenvalue weighted by atomic mass is 32.2. The SMILES string of the molecule is CC(C)S(=O)(=O)N[C@H]1CCOC[C@@H]1c1ccc(-c2cccnc2)cc1. The first kappa shape index (κ1) is 18.0. The Morgan fingerprint density at radius 1 is 1.16 bits per heavy atom. The molecule has 1 N–H and O–H groups in total. The molecule has 1 aromatic carbocycles. The molecule has 5 nitrogen and oxygen atoms in total. The van der Waals surface area contributed by atoms with Crippen molar-refractivity contribution in [1.82, 2.24) is 9.71 Å². The topological polar surface area (TPSA) is 68.3 Å². The van der Waals surface area contributed by atoms with Crippen molar-refractivity contribution < 1.29 is 13.2 Å². The van der Waals surface area contributed by atoms with E-state index in [0.29, 0.717) is 19.6 Å². The lowest BCUT2D eigenvalue weighted by atomic mass is 9.88. The first-order chi connectivity index (χ1) is 12.0. The Kier molecular flexibility index (Phi) is 5.51. The van der Waals surface area contributed by atoms with E-state index in [1.165, 1.54) is 0 Å². The number of pyridine rings is 1. The predicted octanol–water partition coefficient (Wildman–Crippen LogP) is 2.95. The summed E-state index contributed by atoms with van der Waals surface area (Å²) in [5, 5.41) is -0.441. The Morgan fingerprint density at radius 3 is 2.56 bits per heavy atom. The minimum Gasteiger partial charge on any atom is -0.381 e. The van der Waals surface area contributed by atoms with Crippen molar-refractivity contribution in [3.8, 4) is 11.1 Å². The number of nitrogens with one attached hydrogen (secondary N) is 1. The summed E-state index contributed by atoms with van der Waals surface area (Å²) in [6.45, 7) is 4.49. The van der Waals surface area contributed by atoms with Gasteiger partial charge in [0.2, 0.25) is 10.0 Å². The van der Waals surface area contributed by atoms with Gasteiger partial charge in [-0.3, -0.25) is 4.98 Å². The third-order valence-corrected chi connectivity index (χ3v) is 6.50. The van der Waals surface area contributed by atoms with Gasteiger partial charge in [0, 0.05) is 31.0 Å². The van der Waals surface area contributed by atoms with E-state index in [1.54, 1.807) is 20.0 Å². The summed E-state index contributed by atoms with van der Waals surface area (Å²) < 4.78 is 33.0. The van der Waals surface area contributed by atoms with Gasteiger partial charge >= 0.3 is 0 Å². The van der Waals surface area contributed by atoms with Crippen LogP contribution in [0.5, 0.6) is 0 Å². The minimum absolute atomic E-state index is 0.0187. The highest BCUT2D eigenvalue weighted by Crippen LogP contribution is 2.29. The highest BCUT2D eigenvalue weighted by Gasteiger charge is 2.31. The fourth-order valence-corrected chi connectivity index (χ4v) is 3.99. The normalized spacial score (nSPS) is 21.4. The largest absolute Gasteiger partial charge is 0.381 e. The van der Waals surface area contributed by atoms with Gasteiger partial charge in [0.05, 0.1) is 11.9 Å². The molecule has 1 aliphatic rings. The lowest BCUT2D eigenvalue weighted by Gasteiger charge is -2.33. The van der Waals surface area contributed by atoms with Gasteiger partial charge in [-0.1, -0.05) is 30.3 Å². The monoisotopic (exact) mass is 360 g/mol. The van der Waals surface area contributed by atoms with Gasteiger partial charge in [-0.2, -0.15) is 0 Å². The number of rotatable bonds is 5. The van der Waals surface area contributed by atoms with Gasteiger partial charge in [0.1, 0.15) is 0 Å². The van der Waals surface area contributed by atoms with E-state index in [4.69, 9.17) is 4.74 Å². The predicted molar refractivity (Wildman–Crippen MR) is 98.8 cm³/mol. The van der Waals surface area contributed by atoms with Crippen LogP contribution in [0.15, 0.2) is 48.8 Å². The molecule has 0 bridgehead atoms. The van der Waals surface area contributed by atoms with Gasteiger partial charge in [0.25, 0.3) is 0 Å². The quantitative estimate of drug-likeness (QED) is 0.890. The fourth-order valence-electron chi connectivity index (χ4n) is 3.01. The number of ether oxygens (including phenoxy) is 1. The van der Waals surface area contributed by atoms with E-state index < -0.39 is 15.3 Å². The van der Waals surface area contributed by atoms with Crippen LogP contribution in [-0.2, 0) is 14.8 Å². The zero-order valence-electron chi connectivity index (χ0n) is 14.6. The first-order valence-corrected chi connectivity index (χ1v) is 10.1. The molecule has 2 atom stereocenters. The molecular weight excluding hydrogens is 336 g/mol. The third-order valence-electron chi connectivity index (χ3n) is 4.63. The molecule has 0 aliphatic carbocycles. The Hall–Kier alpha value is -1.76. The van der Waals surface area contributed by atoms with Gasteiger partial charge in [0.15, 0.2) is 0 Å².